The summed E-state index contributed by atoms with van der Waals surface area (Å²) in [6.45, 7) is 0.294. The van der Waals surface area contributed by atoms with Crippen LogP contribution in [0.2, 0.25) is 0 Å². The number of aliphatic hydroxyl groups excluding tert-OH is 2. The first-order valence-corrected chi connectivity index (χ1v) is 3.63. The standard InChI is InChI=1S/C7H14O2/c8-4-2-1-3-6-5-7(6)9/h6-9H,1-5H2. The molecule has 0 saturated heterocycles. The highest BCUT2D eigenvalue weighted by molar-refractivity contribution is 4.84. The summed E-state index contributed by atoms with van der Waals surface area (Å²) in [4.78, 5) is 0. The van der Waals surface area contributed by atoms with E-state index in [1.54, 1.807) is 0 Å². The molecule has 0 bridgehead atoms. The van der Waals surface area contributed by atoms with Gasteiger partial charge in [0.1, 0.15) is 0 Å². The van der Waals surface area contributed by atoms with E-state index in [2.05, 4.69) is 0 Å². The lowest BCUT2D eigenvalue weighted by molar-refractivity contribution is 0.249. The van der Waals surface area contributed by atoms with Crippen LogP contribution in [0, 0.1) is 5.92 Å². The van der Waals surface area contributed by atoms with Gasteiger partial charge < -0.3 is 10.2 Å². The molecule has 0 aromatic carbocycles. The zero-order chi connectivity index (χ0) is 6.69. The van der Waals surface area contributed by atoms with E-state index >= 15 is 0 Å². The lowest BCUT2D eigenvalue weighted by Crippen LogP contribution is -1.88. The van der Waals surface area contributed by atoms with E-state index in [4.69, 9.17) is 10.2 Å². The van der Waals surface area contributed by atoms with Crippen LogP contribution in [0.4, 0.5) is 0 Å². The van der Waals surface area contributed by atoms with Crippen molar-refractivity contribution in [1.29, 1.82) is 0 Å². The second-order valence-corrected chi connectivity index (χ2v) is 2.78. The van der Waals surface area contributed by atoms with Crippen LogP contribution in [0.3, 0.4) is 0 Å². The zero-order valence-corrected chi connectivity index (χ0v) is 5.58. The van der Waals surface area contributed by atoms with Gasteiger partial charge in [0, 0.05) is 6.61 Å². The van der Waals surface area contributed by atoms with Crippen LogP contribution in [0.25, 0.3) is 0 Å². The number of rotatable bonds is 4. The van der Waals surface area contributed by atoms with Crippen molar-refractivity contribution < 1.29 is 10.2 Å². The van der Waals surface area contributed by atoms with E-state index in [0.29, 0.717) is 12.5 Å². The highest BCUT2D eigenvalue weighted by atomic mass is 16.3. The highest BCUT2D eigenvalue weighted by Gasteiger charge is 2.33. The Kier molecular flexibility index (Phi) is 2.49. The molecule has 0 amide bonds. The fourth-order valence-electron chi connectivity index (χ4n) is 1.06. The third-order valence-electron chi connectivity index (χ3n) is 1.87. The Morgan fingerprint density at radius 2 is 2.00 bits per heavy atom. The van der Waals surface area contributed by atoms with Crippen LogP contribution in [-0.4, -0.2) is 22.9 Å². The summed E-state index contributed by atoms with van der Waals surface area (Å²) >= 11 is 0. The minimum absolute atomic E-state index is 0.0105. The third-order valence-corrected chi connectivity index (χ3v) is 1.87. The Balaban J connectivity index is 1.83. The Hall–Kier alpha value is -0.0800. The largest absolute Gasteiger partial charge is 0.396 e. The summed E-state index contributed by atoms with van der Waals surface area (Å²) in [7, 11) is 0. The molecule has 0 aromatic heterocycles. The van der Waals surface area contributed by atoms with Crippen molar-refractivity contribution >= 4 is 0 Å². The van der Waals surface area contributed by atoms with Crippen LogP contribution in [0.15, 0.2) is 0 Å². The van der Waals surface area contributed by atoms with Gasteiger partial charge in [-0.3, -0.25) is 0 Å². The van der Waals surface area contributed by atoms with E-state index in [9.17, 15) is 0 Å². The van der Waals surface area contributed by atoms with Gasteiger partial charge >= 0.3 is 0 Å². The Morgan fingerprint density at radius 1 is 1.33 bits per heavy atom. The summed E-state index contributed by atoms with van der Waals surface area (Å²) in [6.07, 6.45) is 4.04. The average molecular weight is 130 g/mol. The Bertz CT molecular complexity index is 83.0. The van der Waals surface area contributed by atoms with Crippen molar-refractivity contribution in [2.75, 3.05) is 6.61 Å². The van der Waals surface area contributed by atoms with Gasteiger partial charge in [0.25, 0.3) is 0 Å². The van der Waals surface area contributed by atoms with Gasteiger partial charge in [-0.2, -0.15) is 0 Å². The van der Waals surface area contributed by atoms with Gasteiger partial charge in [0.05, 0.1) is 6.10 Å². The number of aliphatic hydroxyl groups is 2. The van der Waals surface area contributed by atoms with Gasteiger partial charge in [-0.15, -0.1) is 0 Å². The van der Waals surface area contributed by atoms with Crippen LogP contribution in [-0.2, 0) is 0 Å². The molecule has 0 radical (unpaired) electrons. The predicted octanol–water partition coefficient (Wildman–Crippen LogP) is 0.530. The number of unbranched alkanes of at least 4 members (excludes halogenated alkanes) is 1. The molecule has 2 unspecified atom stereocenters. The minimum atomic E-state index is -0.0105. The third kappa shape index (κ3) is 2.33. The molecule has 9 heavy (non-hydrogen) atoms. The average Bonchev–Trinajstić information content (AvgIpc) is 2.48. The molecule has 0 aromatic rings. The van der Waals surface area contributed by atoms with E-state index < -0.39 is 0 Å². The Labute approximate surface area is 55.5 Å². The molecule has 1 saturated carbocycles. The fourth-order valence-corrected chi connectivity index (χ4v) is 1.06. The van der Waals surface area contributed by atoms with Crippen LogP contribution in [0.5, 0.6) is 0 Å². The summed E-state index contributed by atoms with van der Waals surface area (Å²) < 4.78 is 0. The molecule has 54 valence electrons. The molecular formula is C7H14O2. The van der Waals surface area contributed by atoms with Crippen molar-refractivity contribution in [1.82, 2.24) is 0 Å². The van der Waals surface area contributed by atoms with Crippen molar-refractivity contribution in [3.8, 4) is 0 Å². The summed E-state index contributed by atoms with van der Waals surface area (Å²) in [5.41, 5.74) is 0. The SMILES string of the molecule is OCCCCC1CC1O. The number of hydrogen-bond acceptors (Lipinski definition) is 2. The molecule has 1 aliphatic rings. The van der Waals surface area contributed by atoms with Crippen LogP contribution < -0.4 is 0 Å². The number of hydrogen-bond donors (Lipinski definition) is 2. The van der Waals surface area contributed by atoms with Crippen molar-refractivity contribution in [3.63, 3.8) is 0 Å². The first-order valence-electron chi connectivity index (χ1n) is 3.63. The maximum atomic E-state index is 8.86. The lowest BCUT2D eigenvalue weighted by Gasteiger charge is -1.93. The van der Waals surface area contributed by atoms with Gasteiger partial charge in [-0.05, 0) is 25.2 Å². The summed E-state index contributed by atoms with van der Waals surface area (Å²) in [5.74, 6) is 0.566. The maximum Gasteiger partial charge on any atom is 0.0573 e. The van der Waals surface area contributed by atoms with E-state index in [-0.39, 0.29) is 6.10 Å². The lowest BCUT2D eigenvalue weighted by atomic mass is 10.2. The molecule has 0 aliphatic heterocycles. The zero-order valence-electron chi connectivity index (χ0n) is 5.58. The highest BCUT2D eigenvalue weighted by Crippen LogP contribution is 2.34. The minimum Gasteiger partial charge on any atom is -0.396 e. The van der Waals surface area contributed by atoms with Gasteiger partial charge in [0.15, 0.2) is 0 Å². The van der Waals surface area contributed by atoms with E-state index in [1.807, 2.05) is 0 Å². The van der Waals surface area contributed by atoms with Crippen LogP contribution in [0.1, 0.15) is 25.7 Å². The molecule has 2 atom stereocenters. The topological polar surface area (TPSA) is 40.5 Å². The van der Waals surface area contributed by atoms with Gasteiger partial charge in [-0.25, -0.2) is 0 Å². The predicted molar refractivity (Wildman–Crippen MR) is 35.1 cm³/mol. The molecule has 0 heterocycles. The first-order chi connectivity index (χ1) is 4.34. The van der Waals surface area contributed by atoms with Gasteiger partial charge in [-0.1, -0.05) is 6.42 Å². The monoisotopic (exact) mass is 130 g/mol. The van der Waals surface area contributed by atoms with Crippen molar-refractivity contribution in [2.24, 2.45) is 5.92 Å². The maximum absolute atomic E-state index is 8.86. The summed E-state index contributed by atoms with van der Waals surface area (Å²) in [6, 6.07) is 0. The molecular weight excluding hydrogens is 116 g/mol. The van der Waals surface area contributed by atoms with E-state index in [1.165, 1.54) is 0 Å². The molecule has 2 heteroatoms. The van der Waals surface area contributed by atoms with Gasteiger partial charge in [0.2, 0.25) is 0 Å². The molecule has 1 fully saturated rings. The molecule has 2 N–H and O–H groups in total. The second-order valence-electron chi connectivity index (χ2n) is 2.78. The Morgan fingerprint density at radius 3 is 2.44 bits per heavy atom. The van der Waals surface area contributed by atoms with Crippen LogP contribution >= 0.6 is 0 Å². The van der Waals surface area contributed by atoms with Crippen molar-refractivity contribution in [2.45, 2.75) is 31.8 Å². The summed E-state index contributed by atoms with van der Waals surface area (Å²) in [5, 5.41) is 17.3. The molecule has 1 rings (SSSR count). The normalized spacial score (nSPS) is 32.7. The molecule has 1 aliphatic carbocycles. The van der Waals surface area contributed by atoms with E-state index in [0.717, 1.165) is 25.7 Å². The quantitative estimate of drug-likeness (QED) is 0.545. The second kappa shape index (κ2) is 3.18. The first kappa shape index (κ1) is 7.03. The smallest absolute Gasteiger partial charge is 0.0573 e. The molecule has 2 nitrogen and oxygen atoms in total. The fraction of sp³-hybridized carbons (Fsp3) is 1.00. The van der Waals surface area contributed by atoms with Crippen molar-refractivity contribution in [3.05, 3.63) is 0 Å². The molecule has 0 spiro atoms.